The van der Waals surface area contributed by atoms with Gasteiger partial charge in [-0.15, -0.1) is 11.3 Å². The molecule has 23 heavy (non-hydrogen) atoms. The number of thiazole rings is 1. The van der Waals surface area contributed by atoms with Crippen molar-refractivity contribution in [3.63, 3.8) is 0 Å². The quantitative estimate of drug-likeness (QED) is 0.799. The molecule has 0 aliphatic carbocycles. The van der Waals surface area contributed by atoms with Crippen LogP contribution in [-0.4, -0.2) is 44.9 Å². The monoisotopic (exact) mass is 337 g/mol. The highest BCUT2D eigenvalue weighted by atomic mass is 32.1. The maximum Gasteiger partial charge on any atom is 0.245 e. The maximum atomic E-state index is 11.8. The largest absolute Gasteiger partial charge is 0.493 e. The van der Waals surface area contributed by atoms with Crippen molar-refractivity contribution in [3.8, 4) is 22.8 Å². The highest BCUT2D eigenvalue weighted by Gasteiger charge is 2.15. The molecule has 0 saturated heterocycles. The molecule has 2 rings (SSSR count). The van der Waals surface area contributed by atoms with Gasteiger partial charge in [0.1, 0.15) is 6.04 Å². The van der Waals surface area contributed by atoms with Gasteiger partial charge in [0.25, 0.3) is 0 Å². The van der Waals surface area contributed by atoms with Gasteiger partial charge < -0.3 is 25.3 Å². The Morgan fingerprint density at radius 2 is 2.04 bits per heavy atom. The molecule has 0 fully saturated rings. The number of rotatable bonds is 7. The number of carbonyl (C=O) groups is 1. The summed E-state index contributed by atoms with van der Waals surface area (Å²) in [4.78, 5) is 16.2. The van der Waals surface area contributed by atoms with E-state index < -0.39 is 6.04 Å². The van der Waals surface area contributed by atoms with Crippen LogP contribution in [0.3, 0.4) is 0 Å². The molecule has 0 saturated carbocycles. The first-order valence-corrected chi connectivity index (χ1v) is 7.70. The lowest BCUT2D eigenvalue weighted by Gasteiger charge is -2.09. The minimum absolute atomic E-state index is 0.153. The minimum atomic E-state index is -0.728. The molecule has 1 aromatic carbocycles. The van der Waals surface area contributed by atoms with Crippen LogP contribution in [0.2, 0.25) is 0 Å². The van der Waals surface area contributed by atoms with Gasteiger partial charge in [0.2, 0.25) is 5.91 Å². The highest BCUT2D eigenvalue weighted by Crippen LogP contribution is 2.33. The van der Waals surface area contributed by atoms with Crippen molar-refractivity contribution >= 4 is 22.4 Å². The lowest BCUT2D eigenvalue weighted by Crippen LogP contribution is -2.39. The van der Waals surface area contributed by atoms with E-state index in [1.165, 1.54) is 18.4 Å². The van der Waals surface area contributed by atoms with Gasteiger partial charge in [0, 0.05) is 18.1 Å². The smallest absolute Gasteiger partial charge is 0.245 e. The SMILES string of the molecule is COCC(N)C(=O)Nc1nc(-c2ccc(OC)c(OC)c2)cs1. The molecule has 1 heterocycles. The van der Waals surface area contributed by atoms with E-state index >= 15 is 0 Å². The van der Waals surface area contributed by atoms with Crippen molar-refractivity contribution in [2.24, 2.45) is 5.73 Å². The third-order valence-corrected chi connectivity index (χ3v) is 3.85. The van der Waals surface area contributed by atoms with E-state index in [0.717, 1.165) is 11.3 Å². The third kappa shape index (κ3) is 4.19. The van der Waals surface area contributed by atoms with Crippen LogP contribution in [0.4, 0.5) is 5.13 Å². The van der Waals surface area contributed by atoms with Gasteiger partial charge in [-0.2, -0.15) is 0 Å². The summed E-state index contributed by atoms with van der Waals surface area (Å²) >= 11 is 1.32. The molecule has 1 aromatic heterocycles. The second-order valence-corrected chi connectivity index (χ2v) is 5.52. The molecule has 3 N–H and O–H groups in total. The van der Waals surface area contributed by atoms with Gasteiger partial charge in [0.15, 0.2) is 16.6 Å². The number of carbonyl (C=O) groups excluding carboxylic acids is 1. The Hall–Kier alpha value is -2.16. The van der Waals surface area contributed by atoms with E-state index in [-0.39, 0.29) is 12.5 Å². The second kappa shape index (κ2) is 7.91. The van der Waals surface area contributed by atoms with Gasteiger partial charge in [-0.25, -0.2) is 4.98 Å². The summed E-state index contributed by atoms with van der Waals surface area (Å²) in [6, 6.07) is 4.78. The molecule has 1 amide bonds. The summed E-state index contributed by atoms with van der Waals surface area (Å²) in [6.07, 6.45) is 0. The van der Waals surface area contributed by atoms with Gasteiger partial charge in [-0.1, -0.05) is 0 Å². The first-order valence-electron chi connectivity index (χ1n) is 6.82. The molecule has 0 aliphatic heterocycles. The molecule has 0 aliphatic rings. The molecule has 0 spiro atoms. The Morgan fingerprint density at radius 1 is 1.30 bits per heavy atom. The number of methoxy groups -OCH3 is 3. The van der Waals surface area contributed by atoms with E-state index in [4.69, 9.17) is 19.9 Å². The van der Waals surface area contributed by atoms with E-state index in [1.54, 1.807) is 20.3 Å². The van der Waals surface area contributed by atoms with E-state index in [2.05, 4.69) is 10.3 Å². The van der Waals surface area contributed by atoms with Crippen LogP contribution in [-0.2, 0) is 9.53 Å². The summed E-state index contributed by atoms with van der Waals surface area (Å²) in [5.41, 5.74) is 7.26. The normalized spacial score (nSPS) is 11.8. The summed E-state index contributed by atoms with van der Waals surface area (Å²) in [5.74, 6) is 0.927. The summed E-state index contributed by atoms with van der Waals surface area (Å²) in [6.45, 7) is 0.153. The summed E-state index contributed by atoms with van der Waals surface area (Å²) < 4.78 is 15.3. The molecular weight excluding hydrogens is 318 g/mol. The molecule has 2 aromatic rings. The number of nitrogens with one attached hydrogen (secondary N) is 1. The van der Waals surface area contributed by atoms with Crippen molar-refractivity contribution in [2.45, 2.75) is 6.04 Å². The number of benzene rings is 1. The van der Waals surface area contributed by atoms with Crippen LogP contribution in [0, 0.1) is 0 Å². The first kappa shape index (κ1) is 17.2. The van der Waals surface area contributed by atoms with Gasteiger partial charge >= 0.3 is 0 Å². The Kier molecular flexibility index (Phi) is 5.91. The van der Waals surface area contributed by atoms with Crippen LogP contribution in [0.15, 0.2) is 23.6 Å². The first-order chi connectivity index (χ1) is 11.1. The van der Waals surface area contributed by atoms with Crippen molar-refractivity contribution in [1.82, 2.24) is 4.98 Å². The minimum Gasteiger partial charge on any atom is -0.493 e. The molecule has 1 atom stereocenters. The molecule has 0 bridgehead atoms. The molecular formula is C15H19N3O4S. The van der Waals surface area contributed by atoms with Crippen molar-refractivity contribution < 1.29 is 19.0 Å². The summed E-state index contributed by atoms with van der Waals surface area (Å²) in [7, 11) is 4.65. The predicted octanol–water partition coefficient (Wildman–Crippen LogP) is 1.74. The number of nitrogens with two attached hydrogens (primary N) is 1. The number of anilines is 1. The van der Waals surface area contributed by atoms with Gasteiger partial charge in [-0.3, -0.25) is 4.79 Å². The van der Waals surface area contributed by atoms with Crippen molar-refractivity contribution in [1.29, 1.82) is 0 Å². The Morgan fingerprint density at radius 3 is 2.70 bits per heavy atom. The Labute approximate surface area is 138 Å². The summed E-state index contributed by atoms with van der Waals surface area (Å²) in [5, 5.41) is 5.00. The number of ether oxygens (including phenoxy) is 3. The molecule has 7 nitrogen and oxygen atoms in total. The average Bonchev–Trinajstić information content (AvgIpc) is 3.02. The zero-order valence-corrected chi connectivity index (χ0v) is 14.0. The molecule has 8 heteroatoms. The number of nitrogens with zero attached hydrogens (tertiary/aromatic N) is 1. The lowest BCUT2D eigenvalue weighted by molar-refractivity contribution is -0.118. The van der Waals surface area contributed by atoms with Crippen LogP contribution < -0.4 is 20.5 Å². The maximum absolute atomic E-state index is 11.8. The topological polar surface area (TPSA) is 95.7 Å². The average molecular weight is 337 g/mol. The molecule has 0 radical (unpaired) electrons. The highest BCUT2D eigenvalue weighted by molar-refractivity contribution is 7.14. The van der Waals surface area contributed by atoms with Crippen LogP contribution in [0.1, 0.15) is 0 Å². The Balaban J connectivity index is 2.14. The van der Waals surface area contributed by atoms with Crippen molar-refractivity contribution in [2.75, 3.05) is 33.3 Å². The number of aromatic nitrogens is 1. The standard InChI is InChI=1S/C15H19N3O4S/c1-20-7-10(16)14(19)18-15-17-11(8-23-15)9-4-5-12(21-2)13(6-9)22-3/h4-6,8,10H,7,16H2,1-3H3,(H,17,18,19). The van der Waals surface area contributed by atoms with E-state index in [0.29, 0.717) is 16.6 Å². The fourth-order valence-corrected chi connectivity index (χ4v) is 2.64. The van der Waals surface area contributed by atoms with Crippen LogP contribution >= 0.6 is 11.3 Å². The zero-order chi connectivity index (χ0) is 16.8. The van der Waals surface area contributed by atoms with Crippen LogP contribution in [0.25, 0.3) is 11.3 Å². The number of hydrogen-bond donors (Lipinski definition) is 2. The van der Waals surface area contributed by atoms with Gasteiger partial charge in [-0.05, 0) is 18.2 Å². The lowest BCUT2D eigenvalue weighted by atomic mass is 10.1. The molecule has 124 valence electrons. The fourth-order valence-electron chi connectivity index (χ4n) is 1.91. The molecule has 1 unspecified atom stereocenters. The fraction of sp³-hybridized carbons (Fsp3) is 0.333. The van der Waals surface area contributed by atoms with Gasteiger partial charge in [0.05, 0.1) is 26.5 Å². The van der Waals surface area contributed by atoms with E-state index in [9.17, 15) is 4.79 Å². The predicted molar refractivity (Wildman–Crippen MR) is 89.1 cm³/mol. The number of hydrogen-bond acceptors (Lipinski definition) is 7. The Bertz CT molecular complexity index is 674. The third-order valence-electron chi connectivity index (χ3n) is 3.10. The number of amides is 1. The zero-order valence-electron chi connectivity index (χ0n) is 13.2. The van der Waals surface area contributed by atoms with Crippen LogP contribution in [0.5, 0.6) is 11.5 Å². The second-order valence-electron chi connectivity index (χ2n) is 4.66. The van der Waals surface area contributed by atoms with Crippen molar-refractivity contribution in [3.05, 3.63) is 23.6 Å². The van der Waals surface area contributed by atoms with E-state index in [1.807, 2.05) is 17.5 Å².